The maximum Gasteiger partial charge on any atom is 0.322 e. The number of methoxy groups -OCH3 is 1. The van der Waals surface area contributed by atoms with E-state index in [0.29, 0.717) is 5.88 Å². The van der Waals surface area contributed by atoms with Crippen LogP contribution in [0.25, 0.3) is 11.1 Å². The van der Waals surface area contributed by atoms with E-state index in [-0.39, 0.29) is 18.2 Å². The van der Waals surface area contributed by atoms with Gasteiger partial charge in [0.05, 0.1) is 13.7 Å². The maximum atomic E-state index is 12.9. The minimum absolute atomic E-state index is 0.0536. The quantitative estimate of drug-likeness (QED) is 0.471. The zero-order valence-electron chi connectivity index (χ0n) is 18.4. The van der Waals surface area contributed by atoms with Crippen LogP contribution in [0, 0.1) is 0 Å². The third-order valence-electron chi connectivity index (χ3n) is 4.89. The lowest BCUT2D eigenvalue weighted by Crippen LogP contribution is -2.37. The van der Waals surface area contributed by atoms with Crippen molar-refractivity contribution in [1.29, 1.82) is 0 Å². The third-order valence-corrected chi connectivity index (χ3v) is 4.89. The summed E-state index contributed by atoms with van der Waals surface area (Å²) in [6.45, 7) is 2.89. The molecule has 0 aliphatic carbocycles. The number of nitrogens with one attached hydrogen (secondary N) is 1. The molecule has 0 fully saturated rings. The van der Waals surface area contributed by atoms with Gasteiger partial charge in [-0.15, -0.1) is 0 Å². The number of ether oxygens (including phenoxy) is 1. The Balaban J connectivity index is 1.95. The monoisotopic (exact) mass is 452 g/mol. The van der Waals surface area contributed by atoms with Gasteiger partial charge in [0.15, 0.2) is 5.75 Å². The van der Waals surface area contributed by atoms with Gasteiger partial charge in [-0.2, -0.15) is 5.10 Å². The summed E-state index contributed by atoms with van der Waals surface area (Å²) in [7, 11) is 1.54. The van der Waals surface area contributed by atoms with Crippen molar-refractivity contribution < 1.29 is 24.5 Å². The fraction of sp³-hybridized carbons (Fsp3) is 0.261. The Morgan fingerprint density at radius 3 is 2.45 bits per heavy atom. The summed E-state index contributed by atoms with van der Waals surface area (Å²) in [4.78, 5) is 40.2. The van der Waals surface area contributed by atoms with E-state index in [1.807, 2.05) is 30.3 Å². The number of benzene rings is 1. The second kappa shape index (κ2) is 9.94. The lowest BCUT2D eigenvalue weighted by Gasteiger charge is -2.15. The number of hydrogen-bond donors (Lipinski definition) is 3. The number of pyridine rings is 1. The van der Waals surface area contributed by atoms with Gasteiger partial charge in [0.25, 0.3) is 11.5 Å². The molecule has 0 unspecified atom stereocenters. The molecular weight excluding hydrogens is 428 g/mol. The van der Waals surface area contributed by atoms with Crippen molar-refractivity contribution >= 4 is 11.9 Å². The van der Waals surface area contributed by atoms with Crippen LogP contribution in [-0.4, -0.2) is 50.5 Å². The Morgan fingerprint density at radius 1 is 1.15 bits per heavy atom. The number of aromatic hydroxyl groups is 1. The summed E-state index contributed by atoms with van der Waals surface area (Å²) in [5.41, 5.74) is 1.38. The Morgan fingerprint density at radius 2 is 1.85 bits per heavy atom. The van der Waals surface area contributed by atoms with Gasteiger partial charge in [-0.1, -0.05) is 38.1 Å². The molecule has 0 aliphatic heterocycles. The lowest BCUT2D eigenvalue weighted by molar-refractivity contribution is -0.135. The number of carboxylic acids is 1. The van der Waals surface area contributed by atoms with Crippen molar-refractivity contribution in [2.45, 2.75) is 26.3 Å². The molecule has 0 radical (unpaired) electrons. The van der Waals surface area contributed by atoms with E-state index >= 15 is 0 Å². The third kappa shape index (κ3) is 5.35. The standard InChI is InChI=1S/C23H24N4O6/c1-13(2)20-21(30)19(22(31)25-11-18(28)29)23(32)27(26-20)12-14-4-6-15(7-5-14)16-8-9-24-17(10-16)33-3/h4-10,13,30H,11-12H2,1-3H3,(H,25,31)(H,28,29). The molecule has 3 N–H and O–H groups in total. The largest absolute Gasteiger partial charge is 0.505 e. The van der Waals surface area contributed by atoms with Gasteiger partial charge in [-0.25, -0.2) is 9.67 Å². The van der Waals surface area contributed by atoms with Crippen LogP contribution in [0.4, 0.5) is 0 Å². The number of carboxylic acid groups (broad SMARTS) is 1. The number of aliphatic carboxylic acids is 1. The fourth-order valence-electron chi connectivity index (χ4n) is 3.20. The number of rotatable bonds is 8. The van der Waals surface area contributed by atoms with Crippen LogP contribution in [0.1, 0.15) is 41.4 Å². The Labute approximate surface area is 189 Å². The van der Waals surface area contributed by atoms with Gasteiger partial charge in [-0.3, -0.25) is 14.4 Å². The van der Waals surface area contributed by atoms with Crippen LogP contribution >= 0.6 is 0 Å². The smallest absolute Gasteiger partial charge is 0.322 e. The highest BCUT2D eigenvalue weighted by Crippen LogP contribution is 2.25. The minimum Gasteiger partial charge on any atom is -0.505 e. The maximum absolute atomic E-state index is 12.9. The minimum atomic E-state index is -1.27. The van der Waals surface area contributed by atoms with Gasteiger partial charge in [0, 0.05) is 18.2 Å². The van der Waals surface area contributed by atoms with Gasteiger partial charge >= 0.3 is 5.97 Å². The van der Waals surface area contributed by atoms with Crippen molar-refractivity contribution in [2.24, 2.45) is 0 Å². The molecule has 0 atom stereocenters. The zero-order chi connectivity index (χ0) is 24.1. The second-order valence-corrected chi connectivity index (χ2v) is 7.59. The van der Waals surface area contributed by atoms with Gasteiger partial charge in [0.2, 0.25) is 5.88 Å². The van der Waals surface area contributed by atoms with Crippen LogP contribution in [0.3, 0.4) is 0 Å². The summed E-state index contributed by atoms with van der Waals surface area (Å²) in [6, 6.07) is 11.0. The number of carbonyl (C=O) groups is 2. The van der Waals surface area contributed by atoms with Gasteiger partial charge in [-0.05, 0) is 22.8 Å². The van der Waals surface area contributed by atoms with Crippen molar-refractivity contribution in [1.82, 2.24) is 20.1 Å². The second-order valence-electron chi connectivity index (χ2n) is 7.59. The summed E-state index contributed by atoms with van der Waals surface area (Å²) in [5, 5.41) is 25.6. The normalized spacial score (nSPS) is 10.8. The molecule has 3 rings (SSSR count). The number of amides is 1. The Kier molecular flexibility index (Phi) is 7.07. The molecule has 1 aromatic carbocycles. The summed E-state index contributed by atoms with van der Waals surface area (Å²) in [5.74, 6) is -2.58. The highest BCUT2D eigenvalue weighted by atomic mass is 16.5. The average molecular weight is 452 g/mol. The van der Waals surface area contributed by atoms with Crippen LogP contribution in [0.2, 0.25) is 0 Å². The highest BCUT2D eigenvalue weighted by molar-refractivity contribution is 5.98. The predicted molar refractivity (Wildman–Crippen MR) is 120 cm³/mol. The Hall–Kier alpha value is -4.21. The SMILES string of the molecule is COc1cc(-c2ccc(Cn3nc(C(C)C)c(O)c(C(=O)NCC(=O)O)c3=O)cc2)ccn1. The molecule has 10 nitrogen and oxygen atoms in total. The number of hydrogen-bond acceptors (Lipinski definition) is 7. The average Bonchev–Trinajstić information content (AvgIpc) is 2.79. The van der Waals surface area contributed by atoms with E-state index in [1.165, 1.54) is 0 Å². The first kappa shape index (κ1) is 23.5. The van der Waals surface area contributed by atoms with Crippen molar-refractivity contribution in [2.75, 3.05) is 13.7 Å². The van der Waals surface area contributed by atoms with E-state index in [0.717, 1.165) is 21.4 Å². The lowest BCUT2D eigenvalue weighted by atomic mass is 10.0. The molecule has 2 heterocycles. The van der Waals surface area contributed by atoms with Gasteiger partial charge < -0.3 is 20.3 Å². The first-order chi connectivity index (χ1) is 15.7. The summed E-state index contributed by atoms with van der Waals surface area (Å²) in [6.07, 6.45) is 1.65. The topological polar surface area (TPSA) is 144 Å². The summed E-state index contributed by atoms with van der Waals surface area (Å²) < 4.78 is 6.24. The first-order valence-corrected chi connectivity index (χ1v) is 10.1. The van der Waals surface area contributed by atoms with Crippen LogP contribution in [-0.2, 0) is 11.3 Å². The zero-order valence-corrected chi connectivity index (χ0v) is 18.4. The molecular formula is C23H24N4O6. The van der Waals surface area contributed by atoms with E-state index < -0.39 is 35.3 Å². The molecule has 0 bridgehead atoms. The van der Waals surface area contributed by atoms with E-state index in [4.69, 9.17) is 9.84 Å². The molecule has 0 saturated carbocycles. The van der Waals surface area contributed by atoms with Crippen molar-refractivity contribution in [3.8, 4) is 22.8 Å². The molecule has 0 aliphatic rings. The molecule has 10 heteroatoms. The van der Waals surface area contributed by atoms with Gasteiger partial charge in [0.1, 0.15) is 17.8 Å². The molecule has 1 amide bonds. The molecule has 3 aromatic rings. The van der Waals surface area contributed by atoms with Crippen molar-refractivity contribution in [3.63, 3.8) is 0 Å². The molecule has 0 spiro atoms. The number of carbonyl (C=O) groups excluding carboxylic acids is 1. The summed E-state index contributed by atoms with van der Waals surface area (Å²) >= 11 is 0. The number of nitrogens with zero attached hydrogens (tertiary/aromatic N) is 3. The fourth-order valence-corrected chi connectivity index (χ4v) is 3.20. The van der Waals surface area contributed by atoms with Crippen molar-refractivity contribution in [3.05, 3.63) is 69.8 Å². The molecule has 2 aromatic heterocycles. The van der Waals surface area contributed by atoms with Crippen LogP contribution in [0.5, 0.6) is 11.6 Å². The predicted octanol–water partition coefficient (Wildman–Crippen LogP) is 2.01. The highest BCUT2D eigenvalue weighted by Gasteiger charge is 2.24. The van der Waals surface area contributed by atoms with E-state index in [9.17, 15) is 19.5 Å². The van der Waals surface area contributed by atoms with Crippen LogP contribution < -0.4 is 15.6 Å². The van der Waals surface area contributed by atoms with E-state index in [1.54, 1.807) is 33.2 Å². The Bertz CT molecular complexity index is 1230. The first-order valence-electron chi connectivity index (χ1n) is 10.1. The molecule has 172 valence electrons. The van der Waals surface area contributed by atoms with Crippen LogP contribution in [0.15, 0.2) is 47.4 Å². The number of aromatic nitrogens is 3. The molecule has 0 saturated heterocycles. The molecule has 33 heavy (non-hydrogen) atoms. The van der Waals surface area contributed by atoms with E-state index in [2.05, 4.69) is 15.4 Å².